The Morgan fingerprint density at radius 1 is 1.33 bits per heavy atom. The summed E-state index contributed by atoms with van der Waals surface area (Å²) in [5.74, 6) is 3.16. The fourth-order valence-electron chi connectivity index (χ4n) is 0.765. The molecule has 0 amide bonds. The summed E-state index contributed by atoms with van der Waals surface area (Å²) in [6, 6.07) is 0. The molecule has 0 aliphatic heterocycles. The highest BCUT2D eigenvalue weighted by molar-refractivity contribution is 7.99. The van der Waals surface area contributed by atoms with Gasteiger partial charge in [-0.05, 0) is 18.1 Å². The van der Waals surface area contributed by atoms with Gasteiger partial charge in [0.1, 0.15) is 5.78 Å². The van der Waals surface area contributed by atoms with Gasteiger partial charge in [-0.15, -0.1) is 0 Å². The minimum Gasteiger partial charge on any atom is -0.298 e. The Bertz CT molecular complexity index is 132. The maximum Gasteiger partial charge on any atom is 0.145 e. The first kappa shape index (κ1) is 12.0. The molecular formula is C10H20OS. The van der Waals surface area contributed by atoms with E-state index in [1.54, 1.807) is 11.8 Å². The molecule has 0 aliphatic carbocycles. The van der Waals surface area contributed by atoms with E-state index in [0.717, 1.165) is 12.2 Å². The monoisotopic (exact) mass is 188 g/mol. The Balaban J connectivity index is 3.44. The summed E-state index contributed by atoms with van der Waals surface area (Å²) in [7, 11) is 0. The molecular weight excluding hydrogens is 168 g/mol. The fourth-order valence-corrected chi connectivity index (χ4v) is 1.84. The highest BCUT2D eigenvalue weighted by Crippen LogP contribution is 2.11. The van der Waals surface area contributed by atoms with E-state index in [1.165, 1.54) is 0 Å². The summed E-state index contributed by atoms with van der Waals surface area (Å²) in [5, 5.41) is 0. The molecule has 12 heavy (non-hydrogen) atoms. The van der Waals surface area contributed by atoms with Gasteiger partial charge in [0.15, 0.2) is 0 Å². The number of Topliss-reactive ketones (excluding diaryl/α,β-unsaturated/α-hetero) is 1. The van der Waals surface area contributed by atoms with Crippen LogP contribution >= 0.6 is 11.8 Å². The van der Waals surface area contributed by atoms with E-state index in [1.807, 2.05) is 6.92 Å². The van der Waals surface area contributed by atoms with E-state index in [2.05, 4.69) is 20.8 Å². The summed E-state index contributed by atoms with van der Waals surface area (Å²) in [4.78, 5) is 11.3. The normalized spacial score (nSPS) is 13.4. The zero-order valence-electron chi connectivity index (χ0n) is 8.59. The summed E-state index contributed by atoms with van der Waals surface area (Å²) < 4.78 is 0. The average Bonchev–Trinajstić information content (AvgIpc) is 2.02. The van der Waals surface area contributed by atoms with Gasteiger partial charge in [-0.2, -0.15) is 11.8 Å². The SMILES string of the molecule is CCC(C)C(=O)CSCC(C)C. The molecule has 0 aromatic heterocycles. The van der Waals surface area contributed by atoms with Crippen LogP contribution in [0.1, 0.15) is 34.1 Å². The zero-order chi connectivity index (χ0) is 9.56. The number of hydrogen-bond donors (Lipinski definition) is 0. The van der Waals surface area contributed by atoms with Gasteiger partial charge in [0.05, 0.1) is 5.75 Å². The molecule has 0 saturated heterocycles. The maximum absolute atomic E-state index is 11.3. The van der Waals surface area contributed by atoms with Crippen LogP contribution in [0.2, 0.25) is 0 Å². The Hall–Kier alpha value is 0.0200. The molecule has 0 radical (unpaired) electrons. The van der Waals surface area contributed by atoms with Crippen molar-refractivity contribution in [3.8, 4) is 0 Å². The Labute approximate surface area is 80.3 Å². The molecule has 2 heteroatoms. The van der Waals surface area contributed by atoms with Crippen LogP contribution in [0.4, 0.5) is 0 Å². The molecule has 0 aromatic rings. The third-order valence-corrected chi connectivity index (χ3v) is 3.25. The van der Waals surface area contributed by atoms with E-state index in [9.17, 15) is 4.79 Å². The molecule has 0 spiro atoms. The smallest absolute Gasteiger partial charge is 0.145 e. The summed E-state index contributed by atoms with van der Waals surface area (Å²) >= 11 is 1.76. The van der Waals surface area contributed by atoms with Gasteiger partial charge < -0.3 is 0 Å². The minimum absolute atomic E-state index is 0.254. The zero-order valence-corrected chi connectivity index (χ0v) is 9.41. The quantitative estimate of drug-likeness (QED) is 0.637. The molecule has 0 heterocycles. The Kier molecular flexibility index (Phi) is 6.54. The van der Waals surface area contributed by atoms with E-state index in [0.29, 0.717) is 17.5 Å². The standard InChI is InChI=1S/C10H20OS/c1-5-9(4)10(11)7-12-6-8(2)3/h8-9H,5-7H2,1-4H3. The molecule has 0 fully saturated rings. The van der Waals surface area contributed by atoms with E-state index in [4.69, 9.17) is 0 Å². The van der Waals surface area contributed by atoms with Crippen LogP contribution in [0, 0.1) is 11.8 Å². The van der Waals surface area contributed by atoms with Crippen molar-refractivity contribution >= 4 is 17.5 Å². The molecule has 0 bridgehead atoms. The second-order valence-electron chi connectivity index (χ2n) is 3.68. The second kappa shape index (κ2) is 6.53. The second-order valence-corrected chi connectivity index (χ2v) is 4.71. The summed E-state index contributed by atoms with van der Waals surface area (Å²) in [6.07, 6.45) is 0.973. The molecule has 0 aliphatic rings. The van der Waals surface area contributed by atoms with Gasteiger partial charge in [-0.1, -0.05) is 27.7 Å². The third kappa shape index (κ3) is 5.64. The van der Waals surface area contributed by atoms with Crippen molar-refractivity contribution < 1.29 is 4.79 Å². The lowest BCUT2D eigenvalue weighted by molar-refractivity contribution is -0.119. The van der Waals surface area contributed by atoms with E-state index in [-0.39, 0.29) is 5.92 Å². The first-order valence-corrected chi connectivity index (χ1v) is 5.83. The van der Waals surface area contributed by atoms with Crippen molar-refractivity contribution in [1.82, 2.24) is 0 Å². The van der Waals surface area contributed by atoms with Crippen molar-refractivity contribution in [3.63, 3.8) is 0 Å². The van der Waals surface area contributed by atoms with Crippen molar-refractivity contribution in [1.29, 1.82) is 0 Å². The number of hydrogen-bond acceptors (Lipinski definition) is 2. The lowest BCUT2D eigenvalue weighted by Gasteiger charge is -2.07. The minimum atomic E-state index is 0.254. The Morgan fingerprint density at radius 2 is 1.92 bits per heavy atom. The van der Waals surface area contributed by atoms with Crippen LogP contribution in [-0.2, 0) is 4.79 Å². The largest absolute Gasteiger partial charge is 0.298 e. The lowest BCUT2D eigenvalue weighted by Crippen LogP contribution is -2.13. The number of ketones is 1. The van der Waals surface area contributed by atoms with Gasteiger partial charge in [0, 0.05) is 5.92 Å². The Morgan fingerprint density at radius 3 is 2.33 bits per heavy atom. The molecule has 0 rings (SSSR count). The molecule has 0 aromatic carbocycles. The van der Waals surface area contributed by atoms with Crippen molar-refractivity contribution in [2.24, 2.45) is 11.8 Å². The van der Waals surface area contributed by atoms with Crippen LogP contribution < -0.4 is 0 Å². The lowest BCUT2D eigenvalue weighted by atomic mass is 10.1. The van der Waals surface area contributed by atoms with Crippen molar-refractivity contribution in [2.45, 2.75) is 34.1 Å². The van der Waals surface area contributed by atoms with Gasteiger partial charge in [-0.3, -0.25) is 4.79 Å². The van der Waals surface area contributed by atoms with E-state index >= 15 is 0 Å². The van der Waals surface area contributed by atoms with Crippen molar-refractivity contribution in [2.75, 3.05) is 11.5 Å². The summed E-state index contributed by atoms with van der Waals surface area (Å²) in [6.45, 7) is 8.44. The topological polar surface area (TPSA) is 17.1 Å². The van der Waals surface area contributed by atoms with Crippen LogP contribution in [0.25, 0.3) is 0 Å². The number of carbonyl (C=O) groups excluding carboxylic acids is 1. The van der Waals surface area contributed by atoms with Crippen LogP contribution in [0.5, 0.6) is 0 Å². The highest BCUT2D eigenvalue weighted by Gasteiger charge is 2.09. The predicted molar refractivity (Wildman–Crippen MR) is 56.6 cm³/mol. The third-order valence-electron chi connectivity index (χ3n) is 1.86. The van der Waals surface area contributed by atoms with Crippen LogP contribution in [0.3, 0.4) is 0 Å². The van der Waals surface area contributed by atoms with Gasteiger partial charge in [-0.25, -0.2) is 0 Å². The summed E-state index contributed by atoms with van der Waals surface area (Å²) in [5.41, 5.74) is 0. The molecule has 1 unspecified atom stereocenters. The first-order valence-electron chi connectivity index (χ1n) is 4.68. The van der Waals surface area contributed by atoms with Crippen LogP contribution in [0.15, 0.2) is 0 Å². The molecule has 1 atom stereocenters. The molecule has 0 N–H and O–H groups in total. The van der Waals surface area contributed by atoms with Gasteiger partial charge in [0.25, 0.3) is 0 Å². The highest BCUT2D eigenvalue weighted by atomic mass is 32.2. The van der Waals surface area contributed by atoms with Crippen molar-refractivity contribution in [3.05, 3.63) is 0 Å². The first-order chi connectivity index (χ1) is 5.57. The maximum atomic E-state index is 11.3. The molecule has 1 nitrogen and oxygen atoms in total. The number of carbonyl (C=O) groups is 1. The molecule has 0 saturated carbocycles. The van der Waals surface area contributed by atoms with Crippen LogP contribution in [-0.4, -0.2) is 17.3 Å². The molecule has 72 valence electrons. The predicted octanol–water partition coefficient (Wildman–Crippen LogP) is 2.99. The number of rotatable bonds is 6. The van der Waals surface area contributed by atoms with E-state index < -0.39 is 0 Å². The fraction of sp³-hybridized carbons (Fsp3) is 0.900. The van der Waals surface area contributed by atoms with Gasteiger partial charge in [0.2, 0.25) is 0 Å². The van der Waals surface area contributed by atoms with Gasteiger partial charge >= 0.3 is 0 Å². The average molecular weight is 188 g/mol. The number of thioether (sulfide) groups is 1.